The summed E-state index contributed by atoms with van der Waals surface area (Å²) in [4.78, 5) is 18.0. The first-order valence-corrected chi connectivity index (χ1v) is 9.37. The van der Waals surface area contributed by atoms with Gasteiger partial charge in [0.25, 0.3) is 0 Å². The Morgan fingerprint density at radius 2 is 1.79 bits per heavy atom. The molecule has 0 aromatic carbocycles. The van der Waals surface area contributed by atoms with Crippen LogP contribution in [0.1, 0.15) is 26.7 Å². The van der Waals surface area contributed by atoms with Crippen molar-refractivity contribution in [2.45, 2.75) is 38.8 Å². The summed E-state index contributed by atoms with van der Waals surface area (Å²) < 4.78 is 16.4. The fourth-order valence-corrected chi connectivity index (χ4v) is 8.80. The van der Waals surface area contributed by atoms with E-state index in [9.17, 15) is 4.57 Å². The molecule has 0 fully saturated rings. The van der Waals surface area contributed by atoms with Crippen LogP contribution in [0.25, 0.3) is 0 Å². The van der Waals surface area contributed by atoms with Gasteiger partial charge in [0.05, 0.1) is 5.79 Å². The summed E-state index contributed by atoms with van der Waals surface area (Å²) in [5.74, 6) is -0.0666. The van der Waals surface area contributed by atoms with Crippen molar-refractivity contribution >= 4 is 15.9 Å². The van der Waals surface area contributed by atoms with Gasteiger partial charge >= 0.3 is 7.60 Å². The fraction of sp³-hybridized carbons (Fsp3) is 1.00. The molecule has 0 radical (unpaired) electrons. The van der Waals surface area contributed by atoms with Gasteiger partial charge in [-0.2, -0.15) is 0 Å². The molecular formula is C8H21O4PSi. The molecule has 0 spiro atoms. The van der Waals surface area contributed by atoms with Gasteiger partial charge in [-0.05, 0) is 12.1 Å². The van der Waals surface area contributed by atoms with Gasteiger partial charge in [-0.15, -0.1) is 0 Å². The van der Waals surface area contributed by atoms with E-state index in [-0.39, 0.29) is 5.79 Å². The van der Waals surface area contributed by atoms with Gasteiger partial charge in [-0.25, -0.2) is 0 Å². The van der Waals surface area contributed by atoms with Gasteiger partial charge < -0.3 is 14.2 Å². The van der Waals surface area contributed by atoms with Gasteiger partial charge in [0.15, 0.2) is 0 Å². The Kier molecular flexibility index (Phi) is 5.55. The summed E-state index contributed by atoms with van der Waals surface area (Å²) >= 11 is 0. The summed E-state index contributed by atoms with van der Waals surface area (Å²) in [7, 11) is -4.63. The van der Waals surface area contributed by atoms with Gasteiger partial charge in [0, 0.05) is 7.11 Å². The highest BCUT2D eigenvalue weighted by atomic mass is 31.2. The van der Waals surface area contributed by atoms with Gasteiger partial charge in [-0.3, -0.25) is 4.57 Å². The van der Waals surface area contributed by atoms with Crippen LogP contribution in [0.4, 0.5) is 0 Å². The lowest BCUT2D eigenvalue weighted by molar-refractivity contribution is 0.358. The second kappa shape index (κ2) is 5.42. The third kappa shape index (κ3) is 4.23. The molecule has 6 heteroatoms. The van der Waals surface area contributed by atoms with Crippen molar-refractivity contribution in [2.75, 3.05) is 12.9 Å². The minimum absolute atomic E-state index is 0.0666. The average Bonchev–Trinajstić information content (AvgIpc) is 2.03. The Labute approximate surface area is 87.0 Å². The normalized spacial score (nSPS) is 17.1. The van der Waals surface area contributed by atoms with Crippen molar-refractivity contribution < 1.29 is 18.8 Å². The maximum atomic E-state index is 11.0. The van der Waals surface area contributed by atoms with E-state index in [2.05, 4.69) is 0 Å². The van der Waals surface area contributed by atoms with Crippen LogP contribution in [0.5, 0.6) is 0 Å². The zero-order chi connectivity index (χ0) is 11.4. The van der Waals surface area contributed by atoms with Crippen LogP contribution in [0.15, 0.2) is 0 Å². The molecular weight excluding hydrogens is 219 g/mol. The monoisotopic (exact) mass is 240 g/mol. The number of hydrogen-bond acceptors (Lipinski definition) is 2. The van der Waals surface area contributed by atoms with Crippen LogP contribution in [0.3, 0.4) is 0 Å². The Morgan fingerprint density at radius 3 is 2.00 bits per heavy atom. The summed E-state index contributed by atoms with van der Waals surface area (Å²) in [6.07, 6.45) is 1.85. The molecule has 0 aromatic rings. The quantitative estimate of drug-likeness (QED) is 0.551. The molecule has 14 heavy (non-hydrogen) atoms. The summed E-state index contributed by atoms with van der Waals surface area (Å²) in [5, 5.41) is 0. The Hall–Kier alpha value is 0.327. The van der Waals surface area contributed by atoms with E-state index in [1.807, 2.05) is 20.4 Å². The van der Waals surface area contributed by atoms with Gasteiger partial charge in [-0.1, -0.05) is 26.7 Å². The van der Waals surface area contributed by atoms with Gasteiger partial charge in [0.2, 0.25) is 8.32 Å². The summed E-state index contributed by atoms with van der Waals surface area (Å²) in [5.41, 5.74) is 0.320. The molecule has 0 saturated heterocycles. The van der Waals surface area contributed by atoms with E-state index in [1.165, 1.54) is 0 Å². The molecule has 0 aromatic heterocycles. The standard InChI is InChI=1S/C8H21O4PSi/c1-5-8(6-2)14(4,12-3)7-13(9,10)11/h8H,5-7H2,1-4H3,(H2,9,10,11). The molecule has 86 valence electrons. The lowest BCUT2D eigenvalue weighted by Gasteiger charge is -2.33. The van der Waals surface area contributed by atoms with E-state index in [0.29, 0.717) is 5.54 Å². The lowest BCUT2D eigenvalue weighted by atomic mass is 10.3. The number of rotatable bonds is 6. The van der Waals surface area contributed by atoms with Crippen LogP contribution in [0.2, 0.25) is 12.1 Å². The highest BCUT2D eigenvalue weighted by molar-refractivity contribution is 7.54. The Bertz CT molecular complexity index is 213. The van der Waals surface area contributed by atoms with Crippen molar-refractivity contribution in [1.29, 1.82) is 0 Å². The third-order valence-electron chi connectivity index (χ3n) is 2.84. The summed E-state index contributed by atoms with van der Waals surface area (Å²) in [6, 6.07) is 0. The summed E-state index contributed by atoms with van der Waals surface area (Å²) in [6.45, 7) is 5.99. The predicted octanol–water partition coefficient (Wildman–Crippen LogP) is 2.12. The van der Waals surface area contributed by atoms with Crippen LogP contribution < -0.4 is 0 Å². The van der Waals surface area contributed by atoms with Crippen LogP contribution in [0, 0.1) is 0 Å². The largest absolute Gasteiger partial charge is 0.419 e. The average molecular weight is 240 g/mol. The molecule has 0 aliphatic carbocycles. The molecule has 2 N–H and O–H groups in total. The maximum absolute atomic E-state index is 11.0. The Morgan fingerprint density at radius 1 is 1.36 bits per heavy atom. The Balaban J connectivity index is 4.69. The molecule has 0 heterocycles. The molecule has 4 nitrogen and oxygen atoms in total. The van der Waals surface area contributed by atoms with Crippen LogP contribution in [-0.4, -0.2) is 31.0 Å². The molecule has 0 bridgehead atoms. The minimum atomic E-state index is -3.95. The smallest absolute Gasteiger partial charge is 0.325 e. The first kappa shape index (κ1) is 14.3. The molecule has 0 saturated carbocycles. The first-order valence-electron chi connectivity index (χ1n) is 4.88. The van der Waals surface area contributed by atoms with Crippen LogP contribution in [-0.2, 0) is 8.99 Å². The maximum Gasteiger partial charge on any atom is 0.325 e. The van der Waals surface area contributed by atoms with Crippen molar-refractivity contribution in [3.63, 3.8) is 0 Å². The second-order valence-electron chi connectivity index (χ2n) is 3.85. The van der Waals surface area contributed by atoms with E-state index in [0.717, 1.165) is 12.8 Å². The lowest BCUT2D eigenvalue weighted by Crippen LogP contribution is -2.43. The molecule has 0 aliphatic heterocycles. The molecule has 0 rings (SSSR count). The topological polar surface area (TPSA) is 66.8 Å². The first-order chi connectivity index (χ1) is 6.29. The van der Waals surface area contributed by atoms with E-state index >= 15 is 0 Å². The van der Waals surface area contributed by atoms with Crippen LogP contribution >= 0.6 is 7.60 Å². The third-order valence-corrected chi connectivity index (χ3v) is 10.5. The molecule has 0 amide bonds. The minimum Gasteiger partial charge on any atom is -0.419 e. The fourth-order valence-electron chi connectivity index (χ4n) is 1.92. The second-order valence-corrected chi connectivity index (χ2v) is 10.3. The van der Waals surface area contributed by atoms with Crippen molar-refractivity contribution in [3.8, 4) is 0 Å². The predicted molar refractivity (Wildman–Crippen MR) is 59.9 cm³/mol. The van der Waals surface area contributed by atoms with Crippen molar-refractivity contribution in [3.05, 3.63) is 0 Å². The van der Waals surface area contributed by atoms with E-state index in [4.69, 9.17) is 14.2 Å². The number of hydrogen-bond donors (Lipinski definition) is 2. The zero-order valence-electron chi connectivity index (χ0n) is 9.36. The highest BCUT2D eigenvalue weighted by Gasteiger charge is 2.41. The molecule has 1 atom stereocenters. The molecule has 1 unspecified atom stereocenters. The van der Waals surface area contributed by atoms with E-state index in [1.54, 1.807) is 7.11 Å². The van der Waals surface area contributed by atoms with E-state index < -0.39 is 15.9 Å². The zero-order valence-corrected chi connectivity index (χ0v) is 11.3. The SMILES string of the molecule is CCC(CC)[Si](C)(CP(=O)(O)O)OC. The highest BCUT2D eigenvalue weighted by Crippen LogP contribution is 2.43. The van der Waals surface area contributed by atoms with Crippen molar-refractivity contribution in [2.24, 2.45) is 0 Å². The van der Waals surface area contributed by atoms with Gasteiger partial charge in [0.1, 0.15) is 0 Å². The molecule has 0 aliphatic rings. The van der Waals surface area contributed by atoms with Crippen molar-refractivity contribution in [1.82, 2.24) is 0 Å².